The number of carbonyl (C=O) groups excluding carboxylic acids is 1. The third-order valence-electron chi connectivity index (χ3n) is 2.40. The zero-order chi connectivity index (χ0) is 13.5. The van der Waals surface area contributed by atoms with Crippen LogP contribution in [0.25, 0.3) is 0 Å². The van der Waals surface area contributed by atoms with E-state index in [-0.39, 0.29) is 16.3 Å². The van der Waals surface area contributed by atoms with E-state index in [1.807, 2.05) is 19.1 Å². The molecule has 0 aliphatic carbocycles. The first-order chi connectivity index (χ1) is 8.52. The van der Waals surface area contributed by atoms with Crippen LogP contribution in [0.4, 0.5) is 0 Å². The van der Waals surface area contributed by atoms with Crippen molar-refractivity contribution in [3.05, 3.63) is 45.4 Å². The lowest BCUT2D eigenvalue weighted by molar-refractivity contribution is -0.121. The molecule has 1 amide bonds. The molecule has 1 rings (SSSR count). The molecular formula is C13H14Cl3NO. The molecule has 5 heteroatoms. The summed E-state index contributed by atoms with van der Waals surface area (Å²) in [5.41, 5.74) is 0.949. The van der Waals surface area contributed by atoms with Crippen LogP contribution in [-0.2, 0) is 4.79 Å². The Morgan fingerprint density at radius 2 is 1.94 bits per heavy atom. The van der Waals surface area contributed by atoms with Crippen LogP contribution in [0.1, 0.15) is 24.8 Å². The van der Waals surface area contributed by atoms with E-state index >= 15 is 0 Å². The molecule has 1 aromatic rings. The SMILES string of the molecule is CCNC(=O)C[C@H](C=C(Cl)Cl)c1ccc(Cl)cc1. The number of benzene rings is 1. The highest BCUT2D eigenvalue weighted by Gasteiger charge is 2.14. The maximum Gasteiger partial charge on any atom is 0.220 e. The summed E-state index contributed by atoms with van der Waals surface area (Å²) >= 11 is 17.2. The number of nitrogens with one attached hydrogen (secondary N) is 1. The number of rotatable bonds is 5. The van der Waals surface area contributed by atoms with Crippen molar-refractivity contribution in [2.45, 2.75) is 19.3 Å². The zero-order valence-electron chi connectivity index (χ0n) is 9.92. The Kier molecular flexibility index (Phi) is 6.55. The average Bonchev–Trinajstić information content (AvgIpc) is 2.28. The fourth-order valence-electron chi connectivity index (χ4n) is 1.60. The van der Waals surface area contributed by atoms with Crippen LogP contribution < -0.4 is 5.32 Å². The van der Waals surface area contributed by atoms with E-state index in [2.05, 4.69) is 5.32 Å². The number of halogens is 3. The number of carbonyl (C=O) groups is 1. The van der Waals surface area contributed by atoms with Crippen molar-refractivity contribution in [2.75, 3.05) is 6.54 Å². The minimum absolute atomic E-state index is 0.0386. The van der Waals surface area contributed by atoms with Gasteiger partial charge in [-0.15, -0.1) is 0 Å². The van der Waals surface area contributed by atoms with Gasteiger partial charge in [0.25, 0.3) is 0 Å². The second-order valence-electron chi connectivity index (χ2n) is 3.77. The first-order valence-electron chi connectivity index (χ1n) is 5.58. The predicted molar refractivity (Wildman–Crippen MR) is 77.3 cm³/mol. The topological polar surface area (TPSA) is 29.1 Å². The molecule has 0 aliphatic heterocycles. The molecule has 1 N–H and O–H groups in total. The molecule has 0 radical (unpaired) electrons. The molecule has 18 heavy (non-hydrogen) atoms. The molecule has 0 fully saturated rings. The van der Waals surface area contributed by atoms with Crippen LogP contribution in [0.5, 0.6) is 0 Å². The van der Waals surface area contributed by atoms with Gasteiger partial charge in [0.15, 0.2) is 0 Å². The number of amides is 1. The van der Waals surface area contributed by atoms with E-state index in [0.717, 1.165) is 5.56 Å². The lowest BCUT2D eigenvalue weighted by Gasteiger charge is -2.13. The lowest BCUT2D eigenvalue weighted by atomic mass is 9.95. The summed E-state index contributed by atoms with van der Waals surface area (Å²) < 4.78 is 0.152. The number of allylic oxidation sites excluding steroid dienone is 1. The van der Waals surface area contributed by atoms with Crippen LogP contribution >= 0.6 is 34.8 Å². The molecule has 0 saturated carbocycles. The van der Waals surface area contributed by atoms with E-state index in [9.17, 15) is 4.79 Å². The summed E-state index contributed by atoms with van der Waals surface area (Å²) in [6.45, 7) is 2.48. The van der Waals surface area contributed by atoms with Gasteiger partial charge in [-0.05, 0) is 30.7 Å². The highest BCUT2D eigenvalue weighted by Crippen LogP contribution is 2.26. The standard InChI is InChI=1S/C13H14Cl3NO/c1-2-17-13(18)8-10(7-12(15)16)9-3-5-11(14)6-4-9/h3-7,10H,2,8H2,1H3,(H,17,18)/t10-/m0/s1. The Bertz CT molecular complexity index is 424. The molecule has 0 saturated heterocycles. The summed E-state index contributed by atoms with van der Waals surface area (Å²) in [5, 5.41) is 3.40. The lowest BCUT2D eigenvalue weighted by Crippen LogP contribution is -2.24. The Balaban J connectivity index is 2.88. The van der Waals surface area contributed by atoms with E-state index < -0.39 is 0 Å². The molecule has 0 bridgehead atoms. The van der Waals surface area contributed by atoms with Crippen molar-refractivity contribution in [3.63, 3.8) is 0 Å². The summed E-state index contributed by atoms with van der Waals surface area (Å²) in [5.74, 6) is -0.193. The van der Waals surface area contributed by atoms with Crippen molar-refractivity contribution in [1.29, 1.82) is 0 Å². The minimum atomic E-state index is -0.154. The first-order valence-corrected chi connectivity index (χ1v) is 6.71. The smallest absolute Gasteiger partial charge is 0.220 e. The Labute approximate surface area is 122 Å². The van der Waals surface area contributed by atoms with Crippen LogP contribution in [0.2, 0.25) is 5.02 Å². The van der Waals surface area contributed by atoms with Gasteiger partial charge in [-0.25, -0.2) is 0 Å². The van der Waals surface area contributed by atoms with Crippen LogP contribution in [0.15, 0.2) is 34.8 Å². The first kappa shape index (κ1) is 15.4. The Morgan fingerprint density at radius 3 is 2.44 bits per heavy atom. The van der Waals surface area contributed by atoms with Crippen molar-refractivity contribution < 1.29 is 4.79 Å². The van der Waals surface area contributed by atoms with Gasteiger partial charge < -0.3 is 5.32 Å². The molecule has 1 aromatic carbocycles. The summed E-state index contributed by atoms with van der Waals surface area (Å²) in [4.78, 5) is 11.6. The van der Waals surface area contributed by atoms with E-state index in [4.69, 9.17) is 34.8 Å². The van der Waals surface area contributed by atoms with Gasteiger partial charge in [-0.3, -0.25) is 4.79 Å². The van der Waals surface area contributed by atoms with Crippen LogP contribution in [0.3, 0.4) is 0 Å². The Hall–Kier alpha value is -0.700. The van der Waals surface area contributed by atoms with Crippen LogP contribution in [-0.4, -0.2) is 12.5 Å². The molecule has 0 aliphatic rings. The predicted octanol–water partition coefficient (Wildman–Crippen LogP) is 4.27. The maximum atomic E-state index is 11.6. The molecule has 2 nitrogen and oxygen atoms in total. The zero-order valence-corrected chi connectivity index (χ0v) is 12.2. The van der Waals surface area contributed by atoms with Gasteiger partial charge in [-0.2, -0.15) is 0 Å². The second kappa shape index (κ2) is 7.67. The number of hydrogen-bond donors (Lipinski definition) is 1. The third kappa shape index (κ3) is 5.30. The van der Waals surface area contributed by atoms with Crippen molar-refractivity contribution in [1.82, 2.24) is 5.32 Å². The molecule has 0 aromatic heterocycles. The molecule has 0 spiro atoms. The van der Waals surface area contributed by atoms with Crippen molar-refractivity contribution >= 4 is 40.7 Å². The minimum Gasteiger partial charge on any atom is -0.356 e. The molecule has 98 valence electrons. The van der Waals surface area contributed by atoms with Gasteiger partial charge in [0.1, 0.15) is 4.49 Å². The van der Waals surface area contributed by atoms with Crippen molar-refractivity contribution in [3.8, 4) is 0 Å². The second-order valence-corrected chi connectivity index (χ2v) is 5.22. The van der Waals surface area contributed by atoms with Gasteiger partial charge in [0.05, 0.1) is 0 Å². The van der Waals surface area contributed by atoms with E-state index in [0.29, 0.717) is 18.0 Å². The number of hydrogen-bond acceptors (Lipinski definition) is 1. The largest absolute Gasteiger partial charge is 0.356 e. The highest BCUT2D eigenvalue weighted by atomic mass is 35.5. The summed E-state index contributed by atoms with van der Waals surface area (Å²) in [6.07, 6.45) is 1.96. The monoisotopic (exact) mass is 305 g/mol. The fraction of sp³-hybridized carbons (Fsp3) is 0.308. The van der Waals surface area contributed by atoms with E-state index in [1.165, 1.54) is 0 Å². The van der Waals surface area contributed by atoms with Crippen LogP contribution in [0, 0.1) is 0 Å². The average molecular weight is 307 g/mol. The normalized spacial score (nSPS) is 11.8. The van der Waals surface area contributed by atoms with Crippen molar-refractivity contribution in [2.24, 2.45) is 0 Å². The molecular weight excluding hydrogens is 293 g/mol. The maximum absolute atomic E-state index is 11.6. The highest BCUT2D eigenvalue weighted by molar-refractivity contribution is 6.55. The summed E-state index contributed by atoms with van der Waals surface area (Å²) in [7, 11) is 0. The van der Waals surface area contributed by atoms with Gasteiger partial charge in [-0.1, -0.05) is 46.9 Å². The van der Waals surface area contributed by atoms with Gasteiger partial charge in [0.2, 0.25) is 5.91 Å². The third-order valence-corrected chi connectivity index (χ3v) is 2.91. The van der Waals surface area contributed by atoms with Gasteiger partial charge in [0, 0.05) is 23.9 Å². The molecule has 0 unspecified atom stereocenters. The molecule has 0 heterocycles. The Morgan fingerprint density at radius 1 is 1.33 bits per heavy atom. The van der Waals surface area contributed by atoms with Gasteiger partial charge >= 0.3 is 0 Å². The molecule has 1 atom stereocenters. The quantitative estimate of drug-likeness (QED) is 0.865. The fourth-order valence-corrected chi connectivity index (χ4v) is 2.03. The van der Waals surface area contributed by atoms with E-state index in [1.54, 1.807) is 18.2 Å². The summed E-state index contributed by atoms with van der Waals surface area (Å²) in [6, 6.07) is 7.27.